The highest BCUT2D eigenvalue weighted by Gasteiger charge is 2.45. The molecular weight excluding hydrogens is 174 g/mol. The maximum Gasteiger partial charge on any atom is 0.0555 e. The molecule has 3 fully saturated rings. The van der Waals surface area contributed by atoms with Crippen LogP contribution in [0, 0.1) is 11.8 Å². The van der Waals surface area contributed by atoms with E-state index in [0.717, 1.165) is 30.7 Å². The zero-order valence-electron chi connectivity index (χ0n) is 8.78. The van der Waals surface area contributed by atoms with Crippen LogP contribution in [0.1, 0.15) is 44.9 Å². The van der Waals surface area contributed by atoms with Crippen molar-refractivity contribution in [3.63, 3.8) is 0 Å². The minimum absolute atomic E-state index is 0.0242. The number of aliphatic hydroxyl groups excluding tert-OH is 1. The fourth-order valence-corrected chi connectivity index (χ4v) is 4.03. The third-order valence-electron chi connectivity index (χ3n) is 4.67. The van der Waals surface area contributed by atoms with Gasteiger partial charge in [0.05, 0.1) is 6.10 Å². The minimum atomic E-state index is -0.0242. The molecule has 1 heterocycles. The predicted molar refractivity (Wildman–Crippen MR) is 56.0 cm³/mol. The zero-order chi connectivity index (χ0) is 9.54. The van der Waals surface area contributed by atoms with Crippen molar-refractivity contribution in [2.24, 2.45) is 11.8 Å². The van der Waals surface area contributed by atoms with E-state index in [1.807, 2.05) is 0 Å². The summed E-state index contributed by atoms with van der Waals surface area (Å²) < 4.78 is 0. The second-order valence-corrected chi connectivity index (χ2v) is 5.46. The lowest BCUT2D eigenvalue weighted by molar-refractivity contribution is 0.0876. The van der Waals surface area contributed by atoms with Gasteiger partial charge in [-0.25, -0.2) is 0 Å². The van der Waals surface area contributed by atoms with E-state index in [9.17, 15) is 5.11 Å². The number of rotatable bonds is 0. The van der Waals surface area contributed by atoms with Crippen LogP contribution < -0.4 is 5.32 Å². The first-order chi connectivity index (χ1) is 6.84. The first kappa shape index (κ1) is 9.17. The Balaban J connectivity index is 1.74. The topological polar surface area (TPSA) is 32.3 Å². The summed E-state index contributed by atoms with van der Waals surface area (Å²) >= 11 is 0. The normalized spacial score (nSPS) is 52.5. The van der Waals surface area contributed by atoms with E-state index in [1.54, 1.807) is 0 Å². The Morgan fingerprint density at radius 3 is 2.57 bits per heavy atom. The highest BCUT2D eigenvalue weighted by atomic mass is 16.3. The first-order valence-corrected chi connectivity index (χ1v) is 6.29. The van der Waals surface area contributed by atoms with Gasteiger partial charge < -0.3 is 10.4 Å². The van der Waals surface area contributed by atoms with Gasteiger partial charge in [0.25, 0.3) is 0 Å². The average molecular weight is 195 g/mol. The molecule has 0 aromatic rings. The summed E-state index contributed by atoms with van der Waals surface area (Å²) in [6.45, 7) is 0. The smallest absolute Gasteiger partial charge is 0.0555 e. The van der Waals surface area contributed by atoms with Gasteiger partial charge >= 0.3 is 0 Å². The lowest BCUT2D eigenvalue weighted by Gasteiger charge is -2.32. The van der Waals surface area contributed by atoms with Crippen LogP contribution in [0.2, 0.25) is 0 Å². The molecule has 0 bridgehead atoms. The molecule has 3 aliphatic rings. The van der Waals surface area contributed by atoms with Gasteiger partial charge in [0.2, 0.25) is 0 Å². The molecule has 2 saturated carbocycles. The summed E-state index contributed by atoms with van der Waals surface area (Å²) in [7, 11) is 0. The Morgan fingerprint density at radius 2 is 1.64 bits per heavy atom. The van der Waals surface area contributed by atoms with Crippen molar-refractivity contribution in [2.75, 3.05) is 0 Å². The minimum Gasteiger partial charge on any atom is -0.393 e. The second kappa shape index (κ2) is 3.49. The van der Waals surface area contributed by atoms with Crippen molar-refractivity contribution < 1.29 is 5.11 Å². The number of fused-ring (bicyclic) bond motifs is 3. The van der Waals surface area contributed by atoms with Crippen LogP contribution in [0.25, 0.3) is 0 Å². The maximum absolute atomic E-state index is 9.65. The number of aliphatic hydroxyl groups is 1. The highest BCUT2D eigenvalue weighted by Crippen LogP contribution is 2.43. The van der Waals surface area contributed by atoms with Gasteiger partial charge in [-0.3, -0.25) is 0 Å². The van der Waals surface area contributed by atoms with Crippen molar-refractivity contribution in [1.29, 1.82) is 0 Å². The highest BCUT2D eigenvalue weighted by molar-refractivity contribution is 5.01. The summed E-state index contributed by atoms with van der Waals surface area (Å²) in [6, 6.07) is 1.44. The van der Waals surface area contributed by atoms with Crippen LogP contribution in [0.4, 0.5) is 0 Å². The lowest BCUT2D eigenvalue weighted by Crippen LogP contribution is -2.37. The summed E-state index contributed by atoms with van der Waals surface area (Å²) in [5.74, 6) is 1.84. The van der Waals surface area contributed by atoms with Crippen LogP contribution >= 0.6 is 0 Å². The Morgan fingerprint density at radius 1 is 0.857 bits per heavy atom. The molecule has 2 aliphatic carbocycles. The number of nitrogens with one attached hydrogen (secondary N) is 1. The van der Waals surface area contributed by atoms with E-state index in [-0.39, 0.29) is 6.10 Å². The molecule has 1 aliphatic heterocycles. The monoisotopic (exact) mass is 195 g/mol. The molecule has 0 radical (unpaired) electrons. The van der Waals surface area contributed by atoms with E-state index in [4.69, 9.17) is 0 Å². The van der Waals surface area contributed by atoms with Gasteiger partial charge in [-0.1, -0.05) is 12.8 Å². The molecule has 5 atom stereocenters. The third kappa shape index (κ3) is 1.40. The molecule has 5 unspecified atom stereocenters. The summed E-state index contributed by atoms with van der Waals surface area (Å²) in [5.41, 5.74) is 0. The summed E-state index contributed by atoms with van der Waals surface area (Å²) in [5, 5.41) is 13.4. The van der Waals surface area contributed by atoms with Crippen LogP contribution in [-0.4, -0.2) is 23.3 Å². The van der Waals surface area contributed by atoms with E-state index in [0.29, 0.717) is 6.04 Å². The van der Waals surface area contributed by atoms with E-state index in [1.165, 1.54) is 32.1 Å². The fraction of sp³-hybridized carbons (Fsp3) is 1.00. The number of hydrogen-bond donors (Lipinski definition) is 2. The molecule has 2 nitrogen and oxygen atoms in total. The van der Waals surface area contributed by atoms with Crippen molar-refractivity contribution in [1.82, 2.24) is 5.32 Å². The zero-order valence-corrected chi connectivity index (χ0v) is 8.78. The van der Waals surface area contributed by atoms with Gasteiger partial charge in [-0.15, -0.1) is 0 Å². The fourth-order valence-electron chi connectivity index (χ4n) is 4.03. The van der Waals surface area contributed by atoms with Crippen molar-refractivity contribution in [3.8, 4) is 0 Å². The maximum atomic E-state index is 9.65. The second-order valence-electron chi connectivity index (χ2n) is 5.46. The van der Waals surface area contributed by atoms with Crippen LogP contribution in [0.3, 0.4) is 0 Å². The number of hydrogen-bond acceptors (Lipinski definition) is 2. The average Bonchev–Trinajstić information content (AvgIpc) is 2.54. The van der Waals surface area contributed by atoms with Crippen molar-refractivity contribution in [2.45, 2.75) is 63.1 Å². The van der Waals surface area contributed by atoms with Crippen LogP contribution in [0.5, 0.6) is 0 Å². The van der Waals surface area contributed by atoms with E-state index < -0.39 is 0 Å². The standard InChI is InChI=1S/C12H21NO/c14-8-5-6-10-9-3-1-2-4-11(9)13-12(10)7-8/h8-14H,1-7H2. The van der Waals surface area contributed by atoms with Gasteiger partial charge in [-0.05, 0) is 43.9 Å². The summed E-state index contributed by atoms with van der Waals surface area (Å²) in [4.78, 5) is 0. The predicted octanol–water partition coefficient (Wildman–Crippen LogP) is 1.68. The molecular formula is C12H21NO. The Labute approximate surface area is 86.1 Å². The Kier molecular flexibility index (Phi) is 2.29. The Bertz CT molecular complexity index is 218. The molecule has 1 saturated heterocycles. The van der Waals surface area contributed by atoms with Gasteiger partial charge in [0.1, 0.15) is 0 Å². The SMILES string of the molecule is OC1CCC2C(C1)NC1CCCCC12. The molecule has 2 N–H and O–H groups in total. The summed E-state index contributed by atoms with van der Waals surface area (Å²) in [6.07, 6.45) is 8.97. The van der Waals surface area contributed by atoms with Gasteiger partial charge in [0, 0.05) is 12.1 Å². The largest absolute Gasteiger partial charge is 0.393 e. The van der Waals surface area contributed by atoms with E-state index in [2.05, 4.69) is 5.32 Å². The molecule has 14 heavy (non-hydrogen) atoms. The molecule has 3 rings (SSSR count). The lowest BCUT2D eigenvalue weighted by atomic mass is 9.73. The van der Waals surface area contributed by atoms with Gasteiger partial charge in [-0.2, -0.15) is 0 Å². The Hall–Kier alpha value is -0.0800. The first-order valence-electron chi connectivity index (χ1n) is 6.29. The van der Waals surface area contributed by atoms with Crippen molar-refractivity contribution in [3.05, 3.63) is 0 Å². The quantitative estimate of drug-likeness (QED) is 0.616. The molecule has 2 heteroatoms. The van der Waals surface area contributed by atoms with Crippen LogP contribution in [-0.2, 0) is 0 Å². The van der Waals surface area contributed by atoms with Crippen LogP contribution in [0.15, 0.2) is 0 Å². The molecule has 0 aromatic carbocycles. The van der Waals surface area contributed by atoms with Gasteiger partial charge in [0.15, 0.2) is 0 Å². The molecule has 0 aromatic heterocycles. The molecule has 80 valence electrons. The molecule has 0 spiro atoms. The third-order valence-corrected chi connectivity index (χ3v) is 4.67. The molecule has 0 amide bonds. The van der Waals surface area contributed by atoms with Crippen molar-refractivity contribution >= 4 is 0 Å². The van der Waals surface area contributed by atoms with E-state index >= 15 is 0 Å².